The van der Waals surface area contributed by atoms with Gasteiger partial charge in [0.15, 0.2) is 0 Å². The van der Waals surface area contributed by atoms with E-state index in [0.717, 1.165) is 0 Å². The summed E-state index contributed by atoms with van der Waals surface area (Å²) in [7, 11) is -3.18. The third-order valence-electron chi connectivity index (χ3n) is 6.98. The van der Waals surface area contributed by atoms with Crippen LogP contribution in [-0.2, 0) is 0 Å². The maximum atomic E-state index is 3.52. The molecular formula is C23H24Si2. The largest absolute Gasteiger partial charge is 0.113 e. The summed E-state index contributed by atoms with van der Waals surface area (Å²) in [4.78, 5) is 0. The first-order valence-corrected chi connectivity index (χ1v) is 15.3. The first-order valence-electron chi connectivity index (χ1n) is 9.34. The Morgan fingerprint density at radius 3 is 2.48 bits per heavy atom. The fraction of sp³-hybridized carbons (Fsp3) is 0.304. The second-order valence-corrected chi connectivity index (χ2v) is 17.6. The summed E-state index contributed by atoms with van der Waals surface area (Å²) in [6.45, 7) is 12.6. The van der Waals surface area contributed by atoms with Gasteiger partial charge in [-0.05, 0) is 33.5 Å². The molecule has 1 aliphatic carbocycles. The average Bonchev–Trinajstić information content (AvgIpc) is 2.97. The number of hydrogen-bond acceptors (Lipinski definition) is 0. The third-order valence-corrected chi connectivity index (χ3v) is 14.2. The molecule has 0 saturated carbocycles. The zero-order valence-electron chi connectivity index (χ0n) is 15.7. The average molecular weight is 357 g/mol. The molecule has 0 N–H and O–H groups in total. The van der Waals surface area contributed by atoms with Crippen LogP contribution in [0.15, 0.2) is 52.9 Å². The van der Waals surface area contributed by atoms with Gasteiger partial charge in [-0.2, -0.15) is 0 Å². The molecule has 0 spiro atoms. The van der Waals surface area contributed by atoms with Crippen molar-refractivity contribution in [2.24, 2.45) is 5.92 Å². The highest BCUT2D eigenvalue weighted by Crippen LogP contribution is 2.54. The number of benzene rings is 1. The van der Waals surface area contributed by atoms with Gasteiger partial charge in [0.05, 0.1) is 0 Å². The predicted octanol–water partition coefficient (Wildman–Crippen LogP) is 4.34. The Kier molecular flexibility index (Phi) is 2.88. The van der Waals surface area contributed by atoms with Crippen LogP contribution < -0.4 is 10.4 Å². The molecule has 0 bridgehead atoms. The smallest absolute Gasteiger partial charge is 0.0699 e. The maximum absolute atomic E-state index is 3.52. The van der Waals surface area contributed by atoms with Crippen LogP contribution in [0.5, 0.6) is 0 Å². The van der Waals surface area contributed by atoms with Crippen LogP contribution in [0.2, 0.25) is 26.2 Å². The summed E-state index contributed by atoms with van der Waals surface area (Å²) in [5.41, 5.74) is 4.61. The highest BCUT2D eigenvalue weighted by atomic mass is 28.3. The molecule has 3 aliphatic rings. The van der Waals surface area contributed by atoms with Crippen molar-refractivity contribution in [3.8, 4) is 0 Å². The summed E-state index contributed by atoms with van der Waals surface area (Å²) >= 11 is 0. The predicted molar refractivity (Wildman–Crippen MR) is 112 cm³/mol. The van der Waals surface area contributed by atoms with Gasteiger partial charge < -0.3 is 0 Å². The van der Waals surface area contributed by atoms with Gasteiger partial charge in [-0.1, -0.05) is 92.0 Å². The van der Waals surface area contributed by atoms with E-state index in [1.807, 2.05) is 0 Å². The highest BCUT2D eigenvalue weighted by molar-refractivity contribution is 7.00. The summed E-state index contributed by atoms with van der Waals surface area (Å²) in [6, 6.07) is 20.3. The van der Waals surface area contributed by atoms with Crippen LogP contribution in [0.25, 0.3) is 5.57 Å². The number of hydrogen-bond donors (Lipinski definition) is 0. The number of rotatable bonds is 0. The molecule has 0 saturated heterocycles. The Morgan fingerprint density at radius 2 is 1.68 bits per heavy atom. The summed E-state index contributed by atoms with van der Waals surface area (Å²) < 4.78 is 0. The summed E-state index contributed by atoms with van der Waals surface area (Å²) in [6.07, 6.45) is 2.66. The Labute approximate surface area is 153 Å². The van der Waals surface area contributed by atoms with Gasteiger partial charge in [-0.3, -0.25) is 0 Å². The summed E-state index contributed by atoms with van der Waals surface area (Å²) in [5.74, 6) is 1.06. The molecule has 25 heavy (non-hydrogen) atoms. The van der Waals surface area contributed by atoms with Crippen molar-refractivity contribution in [2.75, 3.05) is 0 Å². The first kappa shape index (κ1) is 15.4. The van der Waals surface area contributed by atoms with Crippen LogP contribution >= 0.6 is 0 Å². The zero-order valence-corrected chi connectivity index (χ0v) is 17.7. The van der Waals surface area contributed by atoms with Crippen molar-refractivity contribution in [1.29, 1.82) is 0 Å². The van der Waals surface area contributed by atoms with Gasteiger partial charge in [0.25, 0.3) is 0 Å². The molecule has 2 aromatic carbocycles. The molecule has 0 radical (unpaired) electrons. The lowest BCUT2D eigenvalue weighted by atomic mass is 9.77. The van der Waals surface area contributed by atoms with E-state index in [1.165, 1.54) is 11.1 Å². The normalized spacial score (nSPS) is 27.0. The van der Waals surface area contributed by atoms with E-state index in [-0.39, 0.29) is 0 Å². The van der Waals surface area contributed by atoms with E-state index < -0.39 is 16.1 Å². The van der Waals surface area contributed by atoms with Gasteiger partial charge in [0, 0.05) is 11.5 Å². The van der Waals surface area contributed by atoms with Crippen molar-refractivity contribution in [3.05, 3.63) is 76.1 Å². The number of allylic oxidation sites excluding steroid dienone is 4. The van der Waals surface area contributed by atoms with Crippen LogP contribution in [0, 0.1) is 18.1 Å². The molecular weight excluding hydrogens is 332 g/mol. The van der Waals surface area contributed by atoms with E-state index in [1.54, 1.807) is 26.3 Å². The quantitative estimate of drug-likeness (QED) is 0.616. The Bertz CT molecular complexity index is 975. The lowest BCUT2D eigenvalue weighted by Crippen LogP contribution is -2.43. The monoisotopic (exact) mass is 356 g/mol. The van der Waals surface area contributed by atoms with E-state index in [4.69, 9.17) is 0 Å². The molecule has 0 aromatic heterocycles. The molecule has 2 heteroatoms. The second-order valence-electron chi connectivity index (χ2n) is 8.92. The van der Waals surface area contributed by atoms with E-state index in [2.05, 4.69) is 87.7 Å². The molecule has 2 heterocycles. The molecule has 2 unspecified atom stereocenters. The Morgan fingerprint density at radius 1 is 0.920 bits per heavy atom. The van der Waals surface area contributed by atoms with Crippen LogP contribution in [0.3, 0.4) is 0 Å². The van der Waals surface area contributed by atoms with Crippen molar-refractivity contribution in [2.45, 2.75) is 39.0 Å². The van der Waals surface area contributed by atoms with E-state index >= 15 is 0 Å². The second kappa shape index (κ2) is 4.66. The molecule has 2 atom stereocenters. The summed E-state index contributed by atoms with van der Waals surface area (Å²) in [5, 5.41) is 6.65. The van der Waals surface area contributed by atoms with Gasteiger partial charge in [0.2, 0.25) is 0 Å². The van der Waals surface area contributed by atoms with Crippen molar-refractivity contribution < 1.29 is 0 Å². The minimum Gasteiger partial charge on any atom is -0.0699 e. The standard InChI is InChI=1S/C23H24Si2/c1-15-22-16-10-6-8-12-18(16)24(2,3)20(22)14-21-23(15)17-11-7-9-13-19(17)25(21,4)5/h6,8-10,12-15,23H,1-5H3. The molecule has 5 rings (SSSR count). The Balaban J connectivity index is 1.80. The highest BCUT2D eigenvalue weighted by Gasteiger charge is 2.52. The van der Waals surface area contributed by atoms with Crippen molar-refractivity contribution in [1.82, 2.24) is 0 Å². The first-order chi connectivity index (χ1) is 11.8. The van der Waals surface area contributed by atoms with Gasteiger partial charge in [-0.15, -0.1) is 0 Å². The van der Waals surface area contributed by atoms with Crippen LogP contribution in [-0.4, -0.2) is 16.1 Å². The Hall–Kier alpha value is -1.83. The lowest BCUT2D eigenvalue weighted by molar-refractivity contribution is 0.650. The van der Waals surface area contributed by atoms with Gasteiger partial charge in [-0.25, -0.2) is 0 Å². The molecule has 0 nitrogen and oxygen atoms in total. The fourth-order valence-electron chi connectivity index (χ4n) is 5.64. The molecule has 2 aliphatic heterocycles. The minimum atomic E-state index is -1.59. The minimum absolute atomic E-state index is 0.517. The zero-order chi connectivity index (χ0) is 17.6. The van der Waals surface area contributed by atoms with Crippen molar-refractivity contribution >= 4 is 32.1 Å². The van der Waals surface area contributed by atoms with E-state index in [9.17, 15) is 0 Å². The molecule has 0 amide bonds. The third kappa shape index (κ3) is 1.73. The molecule has 2 aromatic rings. The van der Waals surface area contributed by atoms with Crippen molar-refractivity contribution in [3.63, 3.8) is 0 Å². The van der Waals surface area contributed by atoms with Gasteiger partial charge in [0.1, 0.15) is 16.1 Å². The lowest BCUT2D eigenvalue weighted by Gasteiger charge is -2.34. The topological polar surface area (TPSA) is 0 Å². The van der Waals surface area contributed by atoms with Crippen LogP contribution in [0.4, 0.5) is 0 Å². The van der Waals surface area contributed by atoms with E-state index in [0.29, 0.717) is 11.8 Å². The maximum Gasteiger partial charge on any atom is 0.113 e. The fourth-order valence-corrected chi connectivity index (χ4v) is 12.4. The van der Waals surface area contributed by atoms with Crippen LogP contribution in [0.1, 0.15) is 24.0 Å². The SMILES string of the molecule is CC1C2=C(C=C3C1c1c#cccc1[Si]3(C)C)[Si](C)(C)c1ccccc12. The molecule has 124 valence electrons. The molecule has 0 fully saturated rings. The van der Waals surface area contributed by atoms with Gasteiger partial charge >= 0.3 is 0 Å². The number of fused-ring (bicyclic) bond motifs is 5.